The molecule has 0 atom stereocenters. The second kappa shape index (κ2) is 9.83. The van der Waals surface area contributed by atoms with Crippen molar-refractivity contribution in [3.05, 3.63) is 53.1 Å². The van der Waals surface area contributed by atoms with Gasteiger partial charge in [0.05, 0.1) is 25.3 Å². The van der Waals surface area contributed by atoms with Crippen molar-refractivity contribution in [2.24, 2.45) is 4.99 Å². The Morgan fingerprint density at radius 1 is 1.10 bits per heavy atom. The Morgan fingerprint density at radius 2 is 1.90 bits per heavy atom. The molecule has 8 heteroatoms. The first-order valence-corrected chi connectivity index (χ1v) is 11.2. The number of amidine groups is 1. The van der Waals surface area contributed by atoms with E-state index in [0.717, 1.165) is 59.6 Å². The standard InChI is InChI=1S/C22H24ClN3O3S/c23-16-5-6-19-17(15-16)22(24-18-3-1-2-4-20(18)30-19)26-10-8-25(9-11-26)12-14-29-13-7-21(27)28/h1-6,15H,7-14H2,(H,27,28). The number of halogens is 1. The molecule has 0 spiro atoms. The molecule has 0 aliphatic carbocycles. The molecular formula is C22H24ClN3O3S. The van der Waals surface area contributed by atoms with E-state index in [1.54, 1.807) is 11.8 Å². The molecule has 2 heterocycles. The maximum atomic E-state index is 10.5. The van der Waals surface area contributed by atoms with Crippen LogP contribution in [0.15, 0.2) is 57.2 Å². The minimum absolute atomic E-state index is 0.0507. The second-order valence-corrected chi connectivity index (χ2v) is 8.75. The Balaban J connectivity index is 1.44. The van der Waals surface area contributed by atoms with Gasteiger partial charge in [-0.3, -0.25) is 9.69 Å². The lowest BCUT2D eigenvalue weighted by molar-refractivity contribution is -0.138. The average molecular weight is 446 g/mol. The average Bonchev–Trinajstić information content (AvgIpc) is 2.90. The normalized spacial score (nSPS) is 16.4. The van der Waals surface area contributed by atoms with Gasteiger partial charge < -0.3 is 14.7 Å². The predicted molar refractivity (Wildman–Crippen MR) is 119 cm³/mol. The van der Waals surface area contributed by atoms with Gasteiger partial charge in [0.1, 0.15) is 5.84 Å². The van der Waals surface area contributed by atoms with Gasteiger partial charge in [-0.1, -0.05) is 35.5 Å². The number of rotatable bonds is 6. The van der Waals surface area contributed by atoms with Gasteiger partial charge in [0.15, 0.2) is 0 Å². The van der Waals surface area contributed by atoms with E-state index in [2.05, 4.69) is 28.0 Å². The Bertz CT molecular complexity index is 945. The number of benzene rings is 2. The molecule has 2 aliphatic rings. The van der Waals surface area contributed by atoms with Crippen LogP contribution in [0.5, 0.6) is 0 Å². The highest BCUT2D eigenvalue weighted by Crippen LogP contribution is 2.41. The molecule has 0 amide bonds. The van der Waals surface area contributed by atoms with Crippen LogP contribution in [0.4, 0.5) is 5.69 Å². The largest absolute Gasteiger partial charge is 0.481 e. The van der Waals surface area contributed by atoms with Crippen molar-refractivity contribution in [2.75, 3.05) is 45.9 Å². The molecule has 2 aromatic rings. The van der Waals surface area contributed by atoms with Crippen molar-refractivity contribution < 1.29 is 14.6 Å². The molecule has 1 saturated heterocycles. The van der Waals surface area contributed by atoms with Gasteiger partial charge in [-0.25, -0.2) is 4.99 Å². The first kappa shape index (κ1) is 21.2. The highest BCUT2D eigenvalue weighted by Gasteiger charge is 2.25. The molecule has 30 heavy (non-hydrogen) atoms. The Kier molecular flexibility index (Phi) is 6.94. The molecule has 2 aliphatic heterocycles. The molecule has 0 bridgehead atoms. The first-order chi connectivity index (χ1) is 14.6. The number of aliphatic imine (C=N–C) groups is 1. The summed E-state index contributed by atoms with van der Waals surface area (Å²) in [6, 6.07) is 14.2. The van der Waals surface area contributed by atoms with Crippen molar-refractivity contribution in [2.45, 2.75) is 16.2 Å². The minimum Gasteiger partial charge on any atom is -0.481 e. The van der Waals surface area contributed by atoms with E-state index in [-0.39, 0.29) is 13.0 Å². The van der Waals surface area contributed by atoms with Gasteiger partial charge in [-0.15, -0.1) is 0 Å². The highest BCUT2D eigenvalue weighted by molar-refractivity contribution is 7.99. The molecule has 1 N–H and O–H groups in total. The third-order valence-corrected chi connectivity index (χ3v) is 6.55. The van der Waals surface area contributed by atoms with E-state index in [0.29, 0.717) is 11.6 Å². The first-order valence-electron chi connectivity index (χ1n) is 10.0. The van der Waals surface area contributed by atoms with Crippen molar-refractivity contribution >= 4 is 40.9 Å². The Labute approximate surface area is 185 Å². The lowest BCUT2D eigenvalue weighted by Crippen LogP contribution is -2.49. The molecule has 2 aromatic carbocycles. The highest BCUT2D eigenvalue weighted by atomic mass is 35.5. The molecule has 6 nitrogen and oxygen atoms in total. The summed E-state index contributed by atoms with van der Waals surface area (Å²) in [5, 5.41) is 9.38. The number of hydrogen-bond donors (Lipinski definition) is 1. The summed E-state index contributed by atoms with van der Waals surface area (Å²) in [7, 11) is 0. The SMILES string of the molecule is O=C(O)CCOCCN1CCN(C2=Nc3ccccc3Sc3ccc(Cl)cc32)CC1. The van der Waals surface area contributed by atoms with E-state index in [9.17, 15) is 4.79 Å². The molecule has 0 aromatic heterocycles. The third kappa shape index (κ3) is 5.16. The fourth-order valence-electron chi connectivity index (χ4n) is 3.57. The maximum Gasteiger partial charge on any atom is 0.305 e. The number of nitrogens with zero attached hydrogens (tertiary/aromatic N) is 3. The summed E-state index contributed by atoms with van der Waals surface area (Å²) in [5.74, 6) is 0.148. The zero-order chi connectivity index (χ0) is 20.9. The zero-order valence-corrected chi connectivity index (χ0v) is 18.2. The molecule has 4 rings (SSSR count). The van der Waals surface area contributed by atoms with Crippen molar-refractivity contribution in [1.29, 1.82) is 0 Å². The monoisotopic (exact) mass is 445 g/mol. The lowest BCUT2D eigenvalue weighted by atomic mass is 10.1. The van der Waals surface area contributed by atoms with Crippen molar-refractivity contribution in [1.82, 2.24) is 9.80 Å². The molecule has 0 saturated carbocycles. The summed E-state index contributed by atoms with van der Waals surface area (Å²) < 4.78 is 5.43. The van der Waals surface area contributed by atoms with Gasteiger partial charge >= 0.3 is 5.97 Å². The summed E-state index contributed by atoms with van der Waals surface area (Å²) in [6.45, 7) is 5.18. The van der Waals surface area contributed by atoms with E-state index in [1.807, 2.05) is 24.3 Å². The van der Waals surface area contributed by atoms with Crippen LogP contribution in [-0.2, 0) is 9.53 Å². The predicted octanol–water partition coefficient (Wildman–Crippen LogP) is 3.99. The maximum absolute atomic E-state index is 10.5. The number of carbonyl (C=O) groups is 1. The second-order valence-electron chi connectivity index (χ2n) is 7.23. The van der Waals surface area contributed by atoms with Gasteiger partial charge in [-0.2, -0.15) is 0 Å². The van der Waals surface area contributed by atoms with Crippen LogP contribution in [0, 0.1) is 0 Å². The van der Waals surface area contributed by atoms with Gasteiger partial charge in [0.2, 0.25) is 0 Å². The Hall–Kier alpha value is -2.06. The smallest absolute Gasteiger partial charge is 0.305 e. The molecule has 158 valence electrons. The van der Waals surface area contributed by atoms with Crippen molar-refractivity contribution in [3.8, 4) is 0 Å². The van der Waals surface area contributed by atoms with Gasteiger partial charge in [0.25, 0.3) is 0 Å². The molecule has 0 radical (unpaired) electrons. The molecular weight excluding hydrogens is 422 g/mol. The Morgan fingerprint density at radius 3 is 2.70 bits per heavy atom. The fraction of sp³-hybridized carbons (Fsp3) is 0.364. The van der Waals surface area contributed by atoms with Crippen LogP contribution in [0.2, 0.25) is 5.02 Å². The van der Waals surface area contributed by atoms with Crippen LogP contribution < -0.4 is 0 Å². The molecule has 0 unspecified atom stereocenters. The van der Waals surface area contributed by atoms with Crippen LogP contribution in [0.3, 0.4) is 0 Å². The number of ether oxygens (including phenoxy) is 1. The van der Waals surface area contributed by atoms with E-state index >= 15 is 0 Å². The van der Waals surface area contributed by atoms with E-state index in [1.165, 1.54) is 0 Å². The summed E-state index contributed by atoms with van der Waals surface area (Å²) in [5.41, 5.74) is 2.06. The number of para-hydroxylation sites is 1. The summed E-state index contributed by atoms with van der Waals surface area (Å²) >= 11 is 8.06. The fourth-order valence-corrected chi connectivity index (χ4v) is 4.74. The summed E-state index contributed by atoms with van der Waals surface area (Å²) in [4.78, 5) is 22.6. The number of aliphatic carboxylic acids is 1. The minimum atomic E-state index is -0.826. The van der Waals surface area contributed by atoms with E-state index in [4.69, 9.17) is 26.4 Å². The number of hydrogen-bond acceptors (Lipinski definition) is 6. The van der Waals surface area contributed by atoms with Crippen LogP contribution in [0.1, 0.15) is 12.0 Å². The topological polar surface area (TPSA) is 65.4 Å². The molecule has 1 fully saturated rings. The van der Waals surface area contributed by atoms with Crippen LogP contribution in [-0.4, -0.2) is 72.6 Å². The zero-order valence-electron chi connectivity index (χ0n) is 16.6. The van der Waals surface area contributed by atoms with Crippen LogP contribution in [0.25, 0.3) is 0 Å². The summed E-state index contributed by atoms with van der Waals surface area (Å²) in [6.07, 6.45) is 0.0507. The number of carboxylic acid groups (broad SMARTS) is 1. The quantitative estimate of drug-likeness (QED) is 0.678. The van der Waals surface area contributed by atoms with Gasteiger partial charge in [-0.05, 0) is 30.3 Å². The third-order valence-electron chi connectivity index (χ3n) is 5.18. The number of fused-ring (bicyclic) bond motifs is 2. The van der Waals surface area contributed by atoms with Gasteiger partial charge in [0, 0.05) is 53.1 Å². The lowest BCUT2D eigenvalue weighted by Gasteiger charge is -2.36. The van der Waals surface area contributed by atoms with Crippen molar-refractivity contribution in [3.63, 3.8) is 0 Å². The van der Waals surface area contributed by atoms with E-state index < -0.39 is 5.97 Å². The van der Waals surface area contributed by atoms with Crippen LogP contribution >= 0.6 is 23.4 Å². The number of carboxylic acids is 1. The number of piperazine rings is 1.